The molecule has 0 bridgehead atoms. The number of methoxy groups -OCH3 is 1. The molecule has 0 spiro atoms. The van der Waals surface area contributed by atoms with Crippen molar-refractivity contribution in [2.24, 2.45) is 0 Å². The van der Waals surface area contributed by atoms with Crippen LogP contribution in [0, 0.1) is 5.95 Å². The first kappa shape index (κ1) is 14.4. The third kappa shape index (κ3) is 2.66. The van der Waals surface area contributed by atoms with Crippen LogP contribution in [0.15, 0.2) is 12.3 Å². The Kier molecular flexibility index (Phi) is 3.68. The van der Waals surface area contributed by atoms with Crippen molar-refractivity contribution in [1.29, 1.82) is 0 Å². The van der Waals surface area contributed by atoms with Crippen LogP contribution in [-0.2, 0) is 20.7 Å². The molecule has 1 aromatic heterocycles. The fourth-order valence-corrected chi connectivity index (χ4v) is 1.89. The molecule has 0 atom stereocenters. The van der Waals surface area contributed by atoms with E-state index >= 15 is 0 Å². The highest BCUT2D eigenvalue weighted by Gasteiger charge is 2.52. The third-order valence-electron chi connectivity index (χ3n) is 3.74. The van der Waals surface area contributed by atoms with Crippen LogP contribution in [0.5, 0.6) is 0 Å². The minimum atomic E-state index is -0.741. The largest absolute Gasteiger partial charge is 0.499 e. The van der Waals surface area contributed by atoms with Crippen molar-refractivity contribution in [3.8, 4) is 0 Å². The second-order valence-corrected chi connectivity index (χ2v) is 5.74. The van der Waals surface area contributed by atoms with E-state index in [1.165, 1.54) is 6.20 Å². The SMILES string of the molecule is COCc1cnc(F)c(B2OC(C)(C)C(C)(C)O2)c1. The summed E-state index contributed by atoms with van der Waals surface area (Å²) in [6, 6.07) is 1.67. The number of nitrogens with zero attached hydrogens (tertiary/aromatic N) is 1. The van der Waals surface area contributed by atoms with Crippen molar-refractivity contribution < 1.29 is 18.4 Å². The van der Waals surface area contributed by atoms with Gasteiger partial charge in [-0.25, -0.2) is 4.98 Å². The van der Waals surface area contributed by atoms with Gasteiger partial charge in [0.25, 0.3) is 0 Å². The molecule has 0 aliphatic carbocycles. The highest BCUT2D eigenvalue weighted by atomic mass is 19.1. The molecular formula is C13H19BFNO3. The van der Waals surface area contributed by atoms with Crippen molar-refractivity contribution in [3.63, 3.8) is 0 Å². The highest BCUT2D eigenvalue weighted by Crippen LogP contribution is 2.36. The normalized spacial score (nSPS) is 20.8. The summed E-state index contributed by atoms with van der Waals surface area (Å²) >= 11 is 0. The molecule has 2 heterocycles. The van der Waals surface area contributed by atoms with E-state index in [9.17, 15) is 4.39 Å². The quantitative estimate of drug-likeness (QED) is 0.617. The smallest absolute Gasteiger partial charge is 0.399 e. The average Bonchev–Trinajstić information content (AvgIpc) is 2.51. The Labute approximate surface area is 113 Å². The van der Waals surface area contributed by atoms with Gasteiger partial charge in [-0.05, 0) is 33.3 Å². The van der Waals surface area contributed by atoms with Gasteiger partial charge in [0.15, 0.2) is 0 Å². The molecule has 19 heavy (non-hydrogen) atoms. The molecule has 0 aromatic carbocycles. The van der Waals surface area contributed by atoms with E-state index in [1.807, 2.05) is 27.7 Å². The predicted molar refractivity (Wildman–Crippen MR) is 70.6 cm³/mol. The lowest BCUT2D eigenvalue weighted by molar-refractivity contribution is 0.00578. The molecule has 1 aliphatic heterocycles. The minimum Gasteiger partial charge on any atom is -0.399 e. The number of hydrogen-bond acceptors (Lipinski definition) is 4. The molecule has 2 rings (SSSR count). The fraction of sp³-hybridized carbons (Fsp3) is 0.615. The van der Waals surface area contributed by atoms with Crippen molar-refractivity contribution >= 4 is 12.6 Å². The summed E-state index contributed by atoms with van der Waals surface area (Å²) in [4.78, 5) is 3.73. The summed E-state index contributed by atoms with van der Waals surface area (Å²) in [5.74, 6) is -0.571. The first-order valence-electron chi connectivity index (χ1n) is 6.26. The number of rotatable bonds is 3. The van der Waals surface area contributed by atoms with Crippen molar-refractivity contribution in [2.75, 3.05) is 7.11 Å². The van der Waals surface area contributed by atoms with Gasteiger partial charge in [-0.1, -0.05) is 6.07 Å². The Morgan fingerprint density at radius 2 is 1.84 bits per heavy atom. The van der Waals surface area contributed by atoms with Gasteiger partial charge in [-0.3, -0.25) is 0 Å². The van der Waals surface area contributed by atoms with Crippen LogP contribution >= 0.6 is 0 Å². The van der Waals surface area contributed by atoms with Gasteiger partial charge in [-0.15, -0.1) is 0 Å². The van der Waals surface area contributed by atoms with E-state index in [2.05, 4.69) is 4.98 Å². The lowest BCUT2D eigenvalue weighted by Gasteiger charge is -2.32. The molecule has 0 saturated carbocycles. The van der Waals surface area contributed by atoms with Gasteiger partial charge in [0, 0.05) is 18.8 Å². The predicted octanol–water partition coefficient (Wildman–Crippen LogP) is 1.67. The maximum atomic E-state index is 13.9. The van der Waals surface area contributed by atoms with Crippen LogP contribution in [0.25, 0.3) is 0 Å². The molecule has 1 saturated heterocycles. The average molecular weight is 267 g/mol. The van der Waals surface area contributed by atoms with Crippen LogP contribution in [0.3, 0.4) is 0 Å². The Morgan fingerprint density at radius 1 is 1.26 bits per heavy atom. The number of aromatic nitrogens is 1. The summed E-state index contributed by atoms with van der Waals surface area (Å²) in [7, 11) is 0.840. The molecular weight excluding hydrogens is 248 g/mol. The zero-order valence-corrected chi connectivity index (χ0v) is 12.0. The second-order valence-electron chi connectivity index (χ2n) is 5.74. The summed E-state index contributed by atoms with van der Waals surface area (Å²) < 4.78 is 30.5. The summed E-state index contributed by atoms with van der Waals surface area (Å²) in [5, 5.41) is 0. The molecule has 1 fully saturated rings. The van der Waals surface area contributed by atoms with E-state index in [1.54, 1.807) is 13.2 Å². The van der Waals surface area contributed by atoms with E-state index in [4.69, 9.17) is 14.0 Å². The zero-order valence-electron chi connectivity index (χ0n) is 12.0. The molecule has 0 amide bonds. The molecule has 0 N–H and O–H groups in total. The highest BCUT2D eigenvalue weighted by molar-refractivity contribution is 6.62. The maximum Gasteiger partial charge on any atom is 0.499 e. The van der Waals surface area contributed by atoms with Crippen LogP contribution in [0.4, 0.5) is 4.39 Å². The lowest BCUT2D eigenvalue weighted by atomic mass is 9.79. The molecule has 1 aromatic rings. The Bertz CT molecular complexity index is 463. The monoisotopic (exact) mass is 267 g/mol. The molecule has 0 unspecified atom stereocenters. The number of hydrogen-bond donors (Lipinski definition) is 0. The fourth-order valence-electron chi connectivity index (χ4n) is 1.89. The summed E-state index contributed by atoms with van der Waals surface area (Å²) in [6.07, 6.45) is 1.45. The third-order valence-corrected chi connectivity index (χ3v) is 3.74. The van der Waals surface area contributed by atoms with Gasteiger partial charge in [0.05, 0.1) is 17.8 Å². The van der Waals surface area contributed by atoms with Crippen LogP contribution in [0.2, 0.25) is 0 Å². The number of pyridine rings is 1. The number of ether oxygens (including phenoxy) is 1. The first-order chi connectivity index (χ1) is 8.77. The van der Waals surface area contributed by atoms with E-state index in [0.29, 0.717) is 12.1 Å². The van der Waals surface area contributed by atoms with Crippen molar-refractivity contribution in [2.45, 2.75) is 45.5 Å². The van der Waals surface area contributed by atoms with Crippen LogP contribution < -0.4 is 5.46 Å². The second kappa shape index (κ2) is 4.85. The molecule has 0 radical (unpaired) electrons. The van der Waals surface area contributed by atoms with Gasteiger partial charge < -0.3 is 14.0 Å². The maximum absolute atomic E-state index is 13.9. The Balaban J connectivity index is 2.31. The standard InChI is InChI=1S/C13H19BFNO3/c1-12(2)13(3,4)19-14(18-12)10-6-9(8-17-5)7-16-11(10)15/h6-7H,8H2,1-5H3. The van der Waals surface area contributed by atoms with Gasteiger partial charge in [-0.2, -0.15) is 4.39 Å². The molecule has 1 aliphatic rings. The van der Waals surface area contributed by atoms with E-state index in [-0.39, 0.29) is 0 Å². The lowest BCUT2D eigenvalue weighted by Crippen LogP contribution is -2.41. The van der Waals surface area contributed by atoms with Crippen molar-refractivity contribution in [3.05, 3.63) is 23.8 Å². The van der Waals surface area contributed by atoms with E-state index < -0.39 is 24.3 Å². The zero-order chi connectivity index (χ0) is 14.3. The first-order valence-corrected chi connectivity index (χ1v) is 6.26. The molecule has 6 heteroatoms. The Morgan fingerprint density at radius 3 is 2.37 bits per heavy atom. The van der Waals surface area contributed by atoms with Gasteiger partial charge in [0.2, 0.25) is 5.95 Å². The van der Waals surface area contributed by atoms with E-state index in [0.717, 1.165) is 5.56 Å². The summed E-state index contributed by atoms with van der Waals surface area (Å²) in [6.45, 7) is 8.09. The van der Waals surface area contributed by atoms with Crippen LogP contribution in [0.1, 0.15) is 33.3 Å². The topological polar surface area (TPSA) is 40.6 Å². The minimum absolute atomic E-state index is 0.313. The van der Waals surface area contributed by atoms with Crippen LogP contribution in [-0.4, -0.2) is 30.4 Å². The molecule has 4 nitrogen and oxygen atoms in total. The van der Waals surface area contributed by atoms with Crippen molar-refractivity contribution in [1.82, 2.24) is 4.98 Å². The summed E-state index contributed by atoms with van der Waals surface area (Å²) in [5.41, 5.74) is 0.102. The molecule has 104 valence electrons. The number of halogens is 1. The van der Waals surface area contributed by atoms with Gasteiger partial charge >= 0.3 is 7.12 Å². The Hall–Kier alpha value is -0.975. The van der Waals surface area contributed by atoms with Gasteiger partial charge in [0.1, 0.15) is 0 Å².